The van der Waals surface area contributed by atoms with Gasteiger partial charge in [0.1, 0.15) is 23.2 Å². The summed E-state index contributed by atoms with van der Waals surface area (Å²) in [6.07, 6.45) is 0. The highest BCUT2D eigenvalue weighted by Crippen LogP contribution is 2.43. The molecule has 0 amide bonds. The molecule has 1 atom stereocenters. The molecule has 0 saturated heterocycles. The van der Waals surface area contributed by atoms with Crippen LogP contribution in [-0.4, -0.2) is 17.7 Å². The number of nitrogens with zero attached hydrogens (tertiary/aromatic N) is 1. The van der Waals surface area contributed by atoms with Crippen LogP contribution in [0, 0.1) is 11.3 Å². The van der Waals surface area contributed by atoms with Crippen molar-refractivity contribution >= 4 is 5.97 Å². The van der Waals surface area contributed by atoms with Gasteiger partial charge in [-0.3, -0.25) is 0 Å². The smallest absolute Gasteiger partial charge is 0.338 e. The van der Waals surface area contributed by atoms with Gasteiger partial charge in [-0.2, -0.15) is 5.26 Å². The summed E-state index contributed by atoms with van der Waals surface area (Å²) in [5.41, 5.74) is 7.31. The molecular formula is C20H24N2O4. The Labute approximate surface area is 153 Å². The van der Waals surface area contributed by atoms with Crippen LogP contribution < -0.4 is 5.73 Å². The van der Waals surface area contributed by atoms with E-state index in [9.17, 15) is 15.2 Å². The zero-order chi connectivity index (χ0) is 19.6. The first-order chi connectivity index (χ1) is 12.1. The molecule has 0 saturated carbocycles. The van der Waals surface area contributed by atoms with Gasteiger partial charge in [0, 0.05) is 5.56 Å². The third-order valence-corrected chi connectivity index (χ3v) is 4.31. The van der Waals surface area contributed by atoms with Crippen LogP contribution in [0.3, 0.4) is 0 Å². The van der Waals surface area contributed by atoms with Crippen molar-refractivity contribution in [2.45, 2.75) is 46.0 Å². The van der Waals surface area contributed by atoms with Crippen LogP contribution in [0.5, 0.6) is 5.75 Å². The normalized spacial score (nSPS) is 17.6. The summed E-state index contributed by atoms with van der Waals surface area (Å²) < 4.78 is 10.5. The fourth-order valence-electron chi connectivity index (χ4n) is 2.92. The van der Waals surface area contributed by atoms with Crippen LogP contribution in [-0.2, 0) is 19.7 Å². The first-order valence-electron chi connectivity index (χ1n) is 8.40. The fourth-order valence-corrected chi connectivity index (χ4v) is 2.92. The number of hydrogen-bond acceptors (Lipinski definition) is 6. The molecule has 1 aromatic carbocycles. The molecule has 1 heterocycles. The molecule has 0 bridgehead atoms. The molecule has 138 valence electrons. The van der Waals surface area contributed by atoms with Crippen molar-refractivity contribution in [2.24, 2.45) is 5.73 Å². The number of benzene rings is 1. The fraction of sp³-hybridized carbons (Fsp3) is 0.400. The first-order valence-corrected chi connectivity index (χ1v) is 8.40. The molecule has 0 radical (unpaired) electrons. The number of carbonyl (C=O) groups is 1. The zero-order valence-corrected chi connectivity index (χ0v) is 15.7. The van der Waals surface area contributed by atoms with Crippen LogP contribution >= 0.6 is 0 Å². The minimum atomic E-state index is -0.852. The van der Waals surface area contributed by atoms with Crippen molar-refractivity contribution in [1.82, 2.24) is 0 Å². The second-order valence-electron chi connectivity index (χ2n) is 7.14. The second kappa shape index (κ2) is 7.12. The minimum absolute atomic E-state index is 0.0277. The molecule has 6 nitrogen and oxygen atoms in total. The van der Waals surface area contributed by atoms with Gasteiger partial charge in [-0.15, -0.1) is 0 Å². The number of carbonyl (C=O) groups excluding carboxylic acids is 1. The predicted octanol–water partition coefficient (Wildman–Crippen LogP) is 3.33. The number of rotatable bonds is 3. The minimum Gasteiger partial charge on any atom is -0.508 e. The summed E-state index contributed by atoms with van der Waals surface area (Å²) in [4.78, 5) is 12.5. The van der Waals surface area contributed by atoms with E-state index in [1.54, 1.807) is 26.0 Å². The lowest BCUT2D eigenvalue weighted by molar-refractivity contribution is -0.139. The van der Waals surface area contributed by atoms with Gasteiger partial charge in [-0.05, 0) is 30.9 Å². The lowest BCUT2D eigenvalue weighted by atomic mass is 9.79. The van der Waals surface area contributed by atoms with Crippen molar-refractivity contribution < 1.29 is 19.4 Å². The molecule has 2 rings (SSSR count). The van der Waals surface area contributed by atoms with Crippen LogP contribution in [0.1, 0.15) is 51.7 Å². The Bertz CT molecular complexity index is 838. The van der Waals surface area contributed by atoms with Crippen LogP contribution in [0.4, 0.5) is 0 Å². The van der Waals surface area contributed by atoms with Crippen molar-refractivity contribution in [1.29, 1.82) is 5.26 Å². The van der Waals surface area contributed by atoms with Crippen LogP contribution in [0.15, 0.2) is 41.0 Å². The Morgan fingerprint density at radius 1 is 1.42 bits per heavy atom. The summed E-state index contributed by atoms with van der Waals surface area (Å²) in [7, 11) is 0. The van der Waals surface area contributed by atoms with E-state index in [0.29, 0.717) is 5.56 Å². The highest BCUT2D eigenvalue weighted by atomic mass is 16.5. The number of hydrogen-bond donors (Lipinski definition) is 2. The van der Waals surface area contributed by atoms with E-state index < -0.39 is 11.9 Å². The summed E-state index contributed by atoms with van der Waals surface area (Å²) in [5.74, 6) is -1.31. The Morgan fingerprint density at radius 2 is 2.08 bits per heavy atom. The lowest BCUT2D eigenvalue weighted by Crippen LogP contribution is -2.26. The predicted molar refractivity (Wildman–Crippen MR) is 96.8 cm³/mol. The largest absolute Gasteiger partial charge is 0.508 e. The Morgan fingerprint density at radius 3 is 2.62 bits per heavy atom. The van der Waals surface area contributed by atoms with Gasteiger partial charge < -0.3 is 20.3 Å². The number of ether oxygens (including phenoxy) is 2. The van der Waals surface area contributed by atoms with Crippen molar-refractivity contribution in [3.05, 3.63) is 52.1 Å². The molecule has 1 aliphatic heterocycles. The van der Waals surface area contributed by atoms with E-state index in [4.69, 9.17) is 15.2 Å². The summed E-state index contributed by atoms with van der Waals surface area (Å²) in [6.45, 7) is 9.57. The third kappa shape index (κ3) is 3.52. The van der Waals surface area contributed by atoms with E-state index in [2.05, 4.69) is 0 Å². The first kappa shape index (κ1) is 19.4. The molecule has 0 aliphatic carbocycles. The van der Waals surface area contributed by atoms with E-state index in [0.717, 1.165) is 5.56 Å². The van der Waals surface area contributed by atoms with Crippen molar-refractivity contribution in [3.8, 4) is 11.8 Å². The van der Waals surface area contributed by atoms with Gasteiger partial charge in [0.15, 0.2) is 0 Å². The van der Waals surface area contributed by atoms with E-state index >= 15 is 0 Å². The number of nitrogens with two attached hydrogens (primary N) is 1. The van der Waals surface area contributed by atoms with Gasteiger partial charge in [-0.25, -0.2) is 4.79 Å². The summed E-state index contributed by atoms with van der Waals surface area (Å²) in [5, 5.41) is 20.1. The number of aromatic hydroxyl groups is 1. The van der Waals surface area contributed by atoms with E-state index in [1.165, 1.54) is 0 Å². The van der Waals surface area contributed by atoms with Crippen LogP contribution in [0.2, 0.25) is 0 Å². The average Bonchev–Trinajstić information content (AvgIpc) is 2.53. The van der Waals surface area contributed by atoms with E-state index in [1.807, 2.05) is 32.9 Å². The molecule has 3 N–H and O–H groups in total. The number of allylic oxidation sites excluding steroid dienone is 2. The maximum Gasteiger partial charge on any atom is 0.338 e. The molecule has 1 aliphatic rings. The van der Waals surface area contributed by atoms with Crippen LogP contribution in [0.25, 0.3) is 0 Å². The molecule has 6 heteroatoms. The zero-order valence-electron chi connectivity index (χ0n) is 15.7. The SMILES string of the molecule is CCOC(=O)C1=C(C)OC(N)=C(C#N)C1c1cc(C(C)(C)C)ccc1O. The maximum atomic E-state index is 12.5. The Hall–Kier alpha value is -2.94. The summed E-state index contributed by atoms with van der Waals surface area (Å²) in [6, 6.07) is 7.19. The number of phenolic OH excluding ortho intramolecular Hbond substituents is 1. The molecule has 0 fully saturated rings. The van der Waals surface area contributed by atoms with Gasteiger partial charge in [-0.1, -0.05) is 32.9 Å². The Balaban J connectivity index is 2.74. The standard InChI is InChI=1S/C20H24N2O4/c1-6-25-19(24)16-11(2)26-18(22)14(10-21)17(16)13-9-12(20(3,4)5)7-8-15(13)23/h7-9,17,23H,6,22H2,1-5H3. The monoisotopic (exact) mass is 356 g/mol. The quantitative estimate of drug-likeness (QED) is 0.805. The highest BCUT2D eigenvalue weighted by Gasteiger charge is 2.38. The molecule has 0 spiro atoms. The number of esters is 1. The third-order valence-electron chi connectivity index (χ3n) is 4.31. The lowest BCUT2D eigenvalue weighted by Gasteiger charge is -2.28. The Kier molecular flexibility index (Phi) is 5.31. The van der Waals surface area contributed by atoms with Gasteiger partial charge in [0.05, 0.1) is 18.1 Å². The van der Waals surface area contributed by atoms with Crippen molar-refractivity contribution in [3.63, 3.8) is 0 Å². The number of phenols is 1. The summed E-state index contributed by atoms with van der Waals surface area (Å²) >= 11 is 0. The van der Waals surface area contributed by atoms with Gasteiger partial charge in [0.25, 0.3) is 0 Å². The molecule has 1 unspecified atom stereocenters. The average molecular weight is 356 g/mol. The van der Waals surface area contributed by atoms with Crippen molar-refractivity contribution in [2.75, 3.05) is 6.61 Å². The molecular weight excluding hydrogens is 332 g/mol. The highest BCUT2D eigenvalue weighted by molar-refractivity contribution is 5.92. The molecule has 26 heavy (non-hydrogen) atoms. The topological polar surface area (TPSA) is 106 Å². The second-order valence-corrected chi connectivity index (χ2v) is 7.14. The van der Waals surface area contributed by atoms with Gasteiger partial charge in [0.2, 0.25) is 5.88 Å². The number of nitriles is 1. The van der Waals surface area contributed by atoms with Gasteiger partial charge >= 0.3 is 5.97 Å². The molecule has 0 aromatic heterocycles. The van der Waals surface area contributed by atoms with E-state index in [-0.39, 0.29) is 40.6 Å². The molecule has 1 aromatic rings. The maximum absolute atomic E-state index is 12.5.